The van der Waals surface area contributed by atoms with Crippen molar-refractivity contribution in [2.75, 3.05) is 20.8 Å². The van der Waals surface area contributed by atoms with Crippen LogP contribution < -0.4 is 14.2 Å². The molecule has 0 aliphatic carbocycles. The topological polar surface area (TPSA) is 68.2 Å². The van der Waals surface area contributed by atoms with Crippen molar-refractivity contribution in [2.45, 2.75) is 31.8 Å². The van der Waals surface area contributed by atoms with Gasteiger partial charge in [0.25, 0.3) is 0 Å². The number of benzene rings is 2. The first-order chi connectivity index (χ1) is 13.1. The lowest BCUT2D eigenvalue weighted by Crippen LogP contribution is -2.43. The Kier molecular flexibility index (Phi) is 6.19. The van der Waals surface area contributed by atoms with Crippen molar-refractivity contribution in [3.8, 4) is 23.0 Å². The molecule has 1 atom stereocenters. The van der Waals surface area contributed by atoms with E-state index in [2.05, 4.69) is 0 Å². The van der Waals surface area contributed by atoms with Gasteiger partial charge in [-0.1, -0.05) is 18.6 Å². The van der Waals surface area contributed by atoms with Crippen LogP contribution in [-0.2, 0) is 11.3 Å². The number of carbonyl (C=O) groups is 1. The first kappa shape index (κ1) is 19.0. The van der Waals surface area contributed by atoms with Crippen LogP contribution in [0.5, 0.6) is 23.0 Å². The van der Waals surface area contributed by atoms with Crippen molar-refractivity contribution in [1.82, 2.24) is 4.90 Å². The smallest absolute Gasteiger partial charge is 0.320 e. The van der Waals surface area contributed by atoms with E-state index in [1.54, 1.807) is 32.4 Å². The van der Waals surface area contributed by atoms with Crippen LogP contribution in [0.1, 0.15) is 24.8 Å². The molecule has 1 fully saturated rings. The van der Waals surface area contributed by atoms with E-state index in [4.69, 9.17) is 14.2 Å². The summed E-state index contributed by atoms with van der Waals surface area (Å²) in [6.45, 7) is 1.45. The maximum atomic E-state index is 11.4. The van der Waals surface area contributed by atoms with Gasteiger partial charge in [-0.05, 0) is 37.1 Å². The van der Waals surface area contributed by atoms with Crippen molar-refractivity contribution in [3.05, 3.63) is 48.0 Å². The van der Waals surface area contributed by atoms with Gasteiger partial charge in [-0.25, -0.2) is 0 Å². The van der Waals surface area contributed by atoms with Crippen molar-refractivity contribution < 1.29 is 24.1 Å². The minimum atomic E-state index is -0.735. The molecule has 1 aliphatic rings. The predicted octanol–water partition coefficient (Wildman–Crippen LogP) is 3.94. The molecule has 0 saturated carbocycles. The second-order valence-corrected chi connectivity index (χ2v) is 6.61. The summed E-state index contributed by atoms with van der Waals surface area (Å²) < 4.78 is 16.4. The molecular formula is C21H25NO5. The molecule has 0 radical (unpaired) electrons. The minimum absolute atomic E-state index is 0.390. The van der Waals surface area contributed by atoms with Crippen LogP contribution >= 0.6 is 0 Å². The summed E-state index contributed by atoms with van der Waals surface area (Å²) in [6.07, 6.45) is 2.74. The fourth-order valence-corrected chi connectivity index (χ4v) is 3.33. The number of likely N-dealkylation sites (tertiary alicyclic amines) is 1. The number of nitrogens with zero attached hydrogens (tertiary/aromatic N) is 1. The Balaban J connectivity index is 1.67. The number of hydrogen-bond acceptors (Lipinski definition) is 5. The number of carboxylic acids is 1. The molecule has 0 bridgehead atoms. The highest BCUT2D eigenvalue weighted by molar-refractivity contribution is 5.73. The maximum absolute atomic E-state index is 11.4. The highest BCUT2D eigenvalue weighted by Gasteiger charge is 2.28. The van der Waals surface area contributed by atoms with Crippen molar-refractivity contribution in [3.63, 3.8) is 0 Å². The van der Waals surface area contributed by atoms with E-state index in [1.165, 1.54) is 0 Å². The fraction of sp³-hybridized carbons (Fsp3) is 0.381. The van der Waals surface area contributed by atoms with Gasteiger partial charge in [-0.2, -0.15) is 0 Å². The molecule has 0 aromatic heterocycles. The SMILES string of the molecule is COc1cc(OC)cc(Oc2ccc(CN3CCCCC3C(=O)O)cc2)c1. The molecule has 0 spiro atoms. The maximum Gasteiger partial charge on any atom is 0.320 e. The number of rotatable bonds is 7. The van der Waals surface area contributed by atoms with Gasteiger partial charge in [-0.3, -0.25) is 9.69 Å². The molecule has 0 amide bonds. The van der Waals surface area contributed by atoms with Crippen LogP contribution in [-0.4, -0.2) is 42.8 Å². The van der Waals surface area contributed by atoms with Gasteiger partial charge in [0.15, 0.2) is 0 Å². The Hall–Kier alpha value is -2.73. The van der Waals surface area contributed by atoms with Crippen LogP contribution in [0.4, 0.5) is 0 Å². The van der Waals surface area contributed by atoms with Crippen molar-refractivity contribution >= 4 is 5.97 Å². The summed E-state index contributed by atoms with van der Waals surface area (Å²) >= 11 is 0. The number of hydrogen-bond donors (Lipinski definition) is 1. The van der Waals surface area contributed by atoms with Gasteiger partial charge in [0, 0.05) is 24.7 Å². The Morgan fingerprint density at radius 1 is 1.00 bits per heavy atom. The lowest BCUT2D eigenvalue weighted by molar-refractivity contribution is -0.144. The molecule has 1 saturated heterocycles. The van der Waals surface area contributed by atoms with Crippen molar-refractivity contribution in [1.29, 1.82) is 0 Å². The van der Waals surface area contributed by atoms with Gasteiger partial charge in [0.05, 0.1) is 14.2 Å². The van der Waals surface area contributed by atoms with Crippen LogP contribution in [0, 0.1) is 0 Å². The van der Waals surface area contributed by atoms with E-state index >= 15 is 0 Å². The summed E-state index contributed by atoms with van der Waals surface area (Å²) in [5, 5.41) is 9.40. The van der Waals surface area contributed by atoms with E-state index < -0.39 is 5.97 Å². The molecule has 2 aromatic rings. The predicted molar refractivity (Wildman–Crippen MR) is 102 cm³/mol. The molecule has 1 N–H and O–H groups in total. The lowest BCUT2D eigenvalue weighted by Gasteiger charge is -2.32. The monoisotopic (exact) mass is 371 g/mol. The zero-order chi connectivity index (χ0) is 19.2. The van der Waals surface area contributed by atoms with Gasteiger partial charge < -0.3 is 19.3 Å². The molecule has 144 valence electrons. The standard InChI is InChI=1S/C21H25NO5/c1-25-17-11-18(26-2)13-19(12-17)27-16-8-6-15(7-9-16)14-22-10-4-3-5-20(22)21(23)24/h6-9,11-13,20H,3-5,10,14H2,1-2H3,(H,23,24). The minimum Gasteiger partial charge on any atom is -0.496 e. The van der Waals surface area contributed by atoms with Gasteiger partial charge in [-0.15, -0.1) is 0 Å². The molecule has 1 unspecified atom stereocenters. The van der Waals surface area contributed by atoms with Gasteiger partial charge in [0.1, 0.15) is 29.0 Å². The van der Waals surface area contributed by atoms with Crippen LogP contribution in [0.3, 0.4) is 0 Å². The number of methoxy groups -OCH3 is 2. The van der Waals surface area contributed by atoms with E-state index in [1.807, 2.05) is 29.2 Å². The summed E-state index contributed by atoms with van der Waals surface area (Å²) in [5.74, 6) is 1.90. The zero-order valence-electron chi connectivity index (χ0n) is 15.7. The first-order valence-electron chi connectivity index (χ1n) is 9.06. The largest absolute Gasteiger partial charge is 0.496 e. The second-order valence-electron chi connectivity index (χ2n) is 6.61. The van der Waals surface area contributed by atoms with Gasteiger partial charge >= 0.3 is 5.97 Å². The molecule has 1 aliphatic heterocycles. The first-order valence-corrected chi connectivity index (χ1v) is 9.06. The van der Waals surface area contributed by atoms with Crippen LogP contribution in [0.25, 0.3) is 0 Å². The Morgan fingerprint density at radius 3 is 2.22 bits per heavy atom. The van der Waals surface area contributed by atoms with E-state index in [-0.39, 0.29) is 6.04 Å². The zero-order valence-corrected chi connectivity index (χ0v) is 15.7. The van der Waals surface area contributed by atoms with E-state index in [0.717, 1.165) is 24.9 Å². The van der Waals surface area contributed by atoms with Crippen molar-refractivity contribution in [2.24, 2.45) is 0 Å². The van der Waals surface area contributed by atoms with Crippen LogP contribution in [0.15, 0.2) is 42.5 Å². The summed E-state index contributed by atoms with van der Waals surface area (Å²) in [6, 6.07) is 12.7. The van der Waals surface area contributed by atoms with E-state index in [9.17, 15) is 9.90 Å². The normalized spacial score (nSPS) is 17.3. The molecular weight excluding hydrogens is 346 g/mol. The molecule has 2 aromatic carbocycles. The van der Waals surface area contributed by atoms with E-state index in [0.29, 0.717) is 36.0 Å². The summed E-state index contributed by atoms with van der Waals surface area (Å²) in [5.41, 5.74) is 1.07. The molecule has 6 nitrogen and oxygen atoms in total. The second kappa shape index (κ2) is 8.77. The highest BCUT2D eigenvalue weighted by atomic mass is 16.5. The third-order valence-electron chi connectivity index (χ3n) is 4.77. The third-order valence-corrected chi connectivity index (χ3v) is 4.77. The Bertz CT molecular complexity index is 752. The summed E-state index contributed by atoms with van der Waals surface area (Å²) in [7, 11) is 3.19. The Labute approximate surface area is 159 Å². The molecule has 27 heavy (non-hydrogen) atoms. The molecule has 1 heterocycles. The Morgan fingerprint density at radius 2 is 1.63 bits per heavy atom. The summed E-state index contributed by atoms with van der Waals surface area (Å²) in [4.78, 5) is 13.5. The number of piperidine rings is 1. The number of ether oxygens (including phenoxy) is 3. The fourth-order valence-electron chi connectivity index (χ4n) is 3.33. The quantitative estimate of drug-likeness (QED) is 0.795. The van der Waals surface area contributed by atoms with Crippen LogP contribution in [0.2, 0.25) is 0 Å². The average molecular weight is 371 g/mol. The average Bonchev–Trinajstić information content (AvgIpc) is 2.69. The molecule has 6 heteroatoms. The number of carboxylic acid groups (broad SMARTS) is 1. The van der Waals surface area contributed by atoms with Gasteiger partial charge in [0.2, 0.25) is 0 Å². The third kappa shape index (κ3) is 4.92. The number of aliphatic carboxylic acids is 1. The molecule has 3 rings (SSSR count). The highest BCUT2D eigenvalue weighted by Crippen LogP contribution is 2.31. The lowest BCUT2D eigenvalue weighted by atomic mass is 10.0.